The van der Waals surface area contributed by atoms with Crippen molar-refractivity contribution in [1.82, 2.24) is 14.8 Å². The lowest BCUT2D eigenvalue weighted by Crippen LogP contribution is -2.44. The molecule has 1 aliphatic carbocycles. The van der Waals surface area contributed by atoms with Crippen LogP contribution in [-0.2, 0) is 21.9 Å². The van der Waals surface area contributed by atoms with Crippen molar-refractivity contribution in [1.29, 1.82) is 0 Å². The zero-order valence-corrected chi connectivity index (χ0v) is 27.1. The third kappa shape index (κ3) is 6.11. The lowest BCUT2D eigenvalue weighted by atomic mass is 9.89. The zero-order chi connectivity index (χ0) is 29.9. The van der Waals surface area contributed by atoms with Crippen LogP contribution < -0.4 is 4.90 Å². The number of fused-ring (bicyclic) bond motifs is 1. The Kier molecular flexibility index (Phi) is 7.75. The number of rotatable bonds is 3. The van der Waals surface area contributed by atoms with Crippen molar-refractivity contribution < 1.29 is 23.5 Å². The van der Waals surface area contributed by atoms with Gasteiger partial charge in [-0.2, -0.15) is 10.00 Å². The Morgan fingerprint density at radius 3 is 2.00 bits per heavy atom. The Bertz CT molecular complexity index is 1460. The van der Waals surface area contributed by atoms with E-state index in [1.807, 2.05) is 33.9 Å². The number of halogens is 2. The summed E-state index contributed by atoms with van der Waals surface area (Å²) in [6, 6.07) is 3.56. The Morgan fingerprint density at radius 2 is 1.52 bits per heavy atom. The van der Waals surface area contributed by atoms with Gasteiger partial charge in [0.05, 0.1) is 17.3 Å². The molecule has 0 saturated heterocycles. The molecule has 0 bridgehead atoms. The second-order valence-corrected chi connectivity index (χ2v) is 14.4. The van der Waals surface area contributed by atoms with Gasteiger partial charge in [-0.3, -0.25) is 4.68 Å². The molecule has 8 nitrogen and oxygen atoms in total. The summed E-state index contributed by atoms with van der Waals surface area (Å²) in [6.07, 6.45) is 1.71. The molecule has 0 atom stereocenters. The molecule has 216 valence electrons. The molecule has 4 rings (SSSR count). The molecule has 3 aromatic rings. The summed E-state index contributed by atoms with van der Waals surface area (Å²) < 4.78 is 30.6. The average Bonchev–Trinajstić information content (AvgIpc) is 3.53. The van der Waals surface area contributed by atoms with Gasteiger partial charge >= 0.3 is 12.2 Å². The van der Waals surface area contributed by atoms with E-state index >= 15 is 4.39 Å². The molecule has 1 aromatic carbocycles. The number of hydrogen-bond acceptors (Lipinski definition) is 6. The molecule has 0 aliphatic heterocycles. The zero-order valence-electron chi connectivity index (χ0n) is 24.9. The first-order valence-corrected chi connectivity index (χ1v) is 14.5. The average molecular weight is 665 g/mol. The Labute approximate surface area is 248 Å². The van der Waals surface area contributed by atoms with Gasteiger partial charge in [0.15, 0.2) is 5.82 Å². The van der Waals surface area contributed by atoms with E-state index in [9.17, 15) is 9.59 Å². The van der Waals surface area contributed by atoms with E-state index in [4.69, 9.17) is 14.5 Å². The highest BCUT2D eigenvalue weighted by molar-refractivity contribution is 14.1. The van der Waals surface area contributed by atoms with Gasteiger partial charge in [0.2, 0.25) is 0 Å². The molecule has 2 amide bonds. The summed E-state index contributed by atoms with van der Waals surface area (Å²) in [6.45, 7) is 16.1. The molecular formula is C30H38FIN4O4. The van der Waals surface area contributed by atoms with Gasteiger partial charge < -0.3 is 9.47 Å². The molecule has 2 aromatic heterocycles. The molecule has 1 fully saturated rings. The van der Waals surface area contributed by atoms with Crippen LogP contribution in [0.5, 0.6) is 0 Å². The summed E-state index contributed by atoms with van der Waals surface area (Å²) in [5.41, 5.74) is 0.253. The number of pyridine rings is 1. The first-order valence-electron chi connectivity index (χ1n) is 13.4. The number of imide groups is 1. The standard InChI is InChI=1S/C30H38FIN4O4/c1-28(2,3)24-22(32)18-14-13-17(19-15-33-35(10)23(19)16-11-12-16)21(31)20(18)25(34-24)36(26(37)39-29(4,5)6)27(38)40-30(7,8)9/h13-16H,11-12H2,1-10H3. The highest BCUT2D eigenvalue weighted by atomic mass is 127. The highest BCUT2D eigenvalue weighted by Gasteiger charge is 2.38. The number of ether oxygens (including phenoxy) is 2. The van der Waals surface area contributed by atoms with Crippen LogP contribution in [0.2, 0.25) is 0 Å². The topological polar surface area (TPSA) is 86.5 Å². The normalized spacial score (nSPS) is 14.4. The Hall–Kier alpha value is -2.76. The van der Waals surface area contributed by atoms with Crippen LogP contribution in [0.3, 0.4) is 0 Å². The second-order valence-electron chi connectivity index (χ2n) is 13.3. The van der Waals surface area contributed by atoms with E-state index in [1.54, 1.807) is 58.5 Å². The van der Waals surface area contributed by atoms with E-state index in [2.05, 4.69) is 27.7 Å². The first kappa shape index (κ1) is 30.2. The fourth-order valence-corrected chi connectivity index (χ4v) is 5.92. The van der Waals surface area contributed by atoms with E-state index < -0.39 is 34.6 Å². The number of anilines is 1. The molecule has 40 heavy (non-hydrogen) atoms. The van der Waals surface area contributed by atoms with Gasteiger partial charge in [-0.25, -0.2) is 19.0 Å². The van der Waals surface area contributed by atoms with Gasteiger partial charge in [-0.1, -0.05) is 32.9 Å². The van der Waals surface area contributed by atoms with Crippen LogP contribution in [0.4, 0.5) is 19.8 Å². The van der Waals surface area contributed by atoms with Crippen LogP contribution in [0.15, 0.2) is 18.3 Å². The quantitative estimate of drug-likeness (QED) is 0.262. The number of hydrogen-bond donors (Lipinski definition) is 0. The first-order chi connectivity index (χ1) is 18.3. The van der Waals surface area contributed by atoms with Crippen molar-refractivity contribution in [2.24, 2.45) is 7.05 Å². The molecule has 2 heterocycles. The predicted molar refractivity (Wildman–Crippen MR) is 162 cm³/mol. The maximum atomic E-state index is 16.8. The van der Waals surface area contributed by atoms with Crippen molar-refractivity contribution >= 4 is 51.4 Å². The summed E-state index contributed by atoms with van der Waals surface area (Å²) in [5.74, 6) is -0.441. The van der Waals surface area contributed by atoms with Crippen LogP contribution in [0.25, 0.3) is 21.9 Å². The number of carbonyl (C=O) groups is 2. The van der Waals surface area contributed by atoms with Crippen molar-refractivity contribution in [2.75, 3.05) is 4.90 Å². The van der Waals surface area contributed by atoms with Crippen molar-refractivity contribution in [2.45, 2.75) is 97.7 Å². The van der Waals surface area contributed by atoms with Gasteiger partial charge in [0.25, 0.3) is 0 Å². The van der Waals surface area contributed by atoms with Crippen LogP contribution in [-0.4, -0.2) is 38.2 Å². The maximum absolute atomic E-state index is 16.8. The molecule has 0 N–H and O–H groups in total. The third-order valence-electron chi connectivity index (χ3n) is 6.34. The largest absolute Gasteiger partial charge is 0.443 e. The number of benzene rings is 1. The fourth-order valence-electron chi connectivity index (χ4n) is 4.54. The van der Waals surface area contributed by atoms with Crippen molar-refractivity contribution in [3.05, 3.63) is 39.1 Å². The van der Waals surface area contributed by atoms with E-state index in [-0.39, 0.29) is 11.2 Å². The molecule has 10 heteroatoms. The smallest absolute Gasteiger partial charge is 0.425 e. The Balaban J connectivity index is 2.07. The van der Waals surface area contributed by atoms with E-state index in [0.717, 1.165) is 27.0 Å². The third-order valence-corrected chi connectivity index (χ3v) is 7.43. The van der Waals surface area contributed by atoms with Gasteiger partial charge in [-0.15, -0.1) is 0 Å². The monoisotopic (exact) mass is 664 g/mol. The molecule has 0 radical (unpaired) electrons. The minimum Gasteiger partial charge on any atom is -0.443 e. The number of carbonyl (C=O) groups excluding carboxylic acids is 2. The van der Waals surface area contributed by atoms with Crippen LogP contribution in [0, 0.1) is 9.39 Å². The minimum atomic E-state index is -0.999. The van der Waals surface area contributed by atoms with E-state index in [1.165, 1.54) is 0 Å². The number of amides is 2. The Morgan fingerprint density at radius 1 is 0.975 bits per heavy atom. The number of aryl methyl sites for hydroxylation is 1. The predicted octanol–water partition coefficient (Wildman–Crippen LogP) is 8.23. The van der Waals surface area contributed by atoms with E-state index in [0.29, 0.717) is 28.1 Å². The lowest BCUT2D eigenvalue weighted by Gasteiger charge is -2.30. The summed E-state index contributed by atoms with van der Waals surface area (Å²) in [5, 5.41) is 4.98. The SMILES string of the molecule is Cn1ncc(-c2ccc3c(I)c(C(C)(C)C)nc(N(C(=O)OC(C)(C)C)C(=O)OC(C)(C)C)c3c2F)c1C1CC1. The summed E-state index contributed by atoms with van der Waals surface area (Å²) in [7, 11) is 1.86. The van der Waals surface area contributed by atoms with Crippen LogP contribution >= 0.6 is 22.6 Å². The van der Waals surface area contributed by atoms with Gasteiger partial charge in [0.1, 0.15) is 17.0 Å². The molecule has 0 unspecified atom stereocenters. The van der Waals surface area contributed by atoms with Crippen molar-refractivity contribution in [3.63, 3.8) is 0 Å². The highest BCUT2D eigenvalue weighted by Crippen LogP contribution is 2.46. The molecule has 0 spiro atoms. The maximum Gasteiger partial charge on any atom is 0.425 e. The van der Waals surface area contributed by atoms with Crippen LogP contribution in [0.1, 0.15) is 92.5 Å². The van der Waals surface area contributed by atoms with Crippen molar-refractivity contribution in [3.8, 4) is 11.1 Å². The van der Waals surface area contributed by atoms with Gasteiger partial charge in [-0.05, 0) is 77.0 Å². The van der Waals surface area contributed by atoms with Gasteiger partial charge in [0, 0.05) is 44.2 Å². The second kappa shape index (κ2) is 10.3. The minimum absolute atomic E-state index is 0.0391. The molecule has 1 saturated carbocycles. The fraction of sp³-hybridized carbons (Fsp3) is 0.533. The number of aromatic nitrogens is 3. The lowest BCUT2D eigenvalue weighted by molar-refractivity contribution is 0.0429. The number of nitrogens with zero attached hydrogens (tertiary/aromatic N) is 4. The summed E-state index contributed by atoms with van der Waals surface area (Å²) >= 11 is 2.16. The molecule has 1 aliphatic rings. The molecular weight excluding hydrogens is 626 g/mol. The summed E-state index contributed by atoms with van der Waals surface area (Å²) in [4.78, 5) is 32.8.